The lowest BCUT2D eigenvalue weighted by Gasteiger charge is -2.29. The molecule has 10 heteroatoms. The molecule has 1 aliphatic heterocycles. The van der Waals surface area contributed by atoms with E-state index in [9.17, 15) is 8.42 Å². The number of sulfonamides is 1. The van der Waals surface area contributed by atoms with Gasteiger partial charge in [-0.05, 0) is 92.1 Å². The first-order valence-electron chi connectivity index (χ1n) is 12.3. The summed E-state index contributed by atoms with van der Waals surface area (Å²) in [7, 11) is -3.39. The Labute approximate surface area is 228 Å². The number of pyridine rings is 2. The second-order valence-electron chi connectivity index (χ2n) is 9.64. The van der Waals surface area contributed by atoms with Crippen LogP contribution in [0.1, 0.15) is 45.9 Å². The van der Waals surface area contributed by atoms with E-state index in [0.29, 0.717) is 10.8 Å². The maximum atomic E-state index is 11.8. The van der Waals surface area contributed by atoms with E-state index in [1.165, 1.54) is 0 Å². The van der Waals surface area contributed by atoms with Gasteiger partial charge in [0.25, 0.3) is 0 Å². The van der Waals surface area contributed by atoms with Gasteiger partial charge in [-0.1, -0.05) is 12.1 Å². The van der Waals surface area contributed by atoms with E-state index in [2.05, 4.69) is 55.5 Å². The summed E-state index contributed by atoms with van der Waals surface area (Å²) in [6.45, 7) is 6.85. The van der Waals surface area contributed by atoms with Crippen LogP contribution in [0.15, 0.2) is 73.2 Å². The molecule has 3 aromatic heterocycles. The summed E-state index contributed by atoms with van der Waals surface area (Å²) in [6, 6.07) is 17.4. The fraction of sp³-hybridized carbons (Fsp3) is 0.250. The Kier molecular flexibility index (Phi) is 6.93. The molecule has 0 aliphatic carbocycles. The van der Waals surface area contributed by atoms with Crippen molar-refractivity contribution >= 4 is 38.7 Å². The molecule has 0 amide bonds. The van der Waals surface area contributed by atoms with Crippen molar-refractivity contribution in [3.05, 3.63) is 107 Å². The first-order valence-corrected chi connectivity index (χ1v) is 14.6. The Hall–Kier alpha value is -3.76. The Morgan fingerprint density at radius 2 is 1.87 bits per heavy atom. The lowest BCUT2D eigenvalue weighted by Crippen LogP contribution is -2.29. The first kappa shape index (κ1) is 25.9. The van der Waals surface area contributed by atoms with Gasteiger partial charge in [-0.2, -0.15) is 0 Å². The van der Waals surface area contributed by atoms with Crippen molar-refractivity contribution in [2.45, 2.75) is 39.4 Å². The topological polar surface area (TPSA) is 92.2 Å². The average molecular weight is 547 g/mol. The van der Waals surface area contributed by atoms with Gasteiger partial charge >= 0.3 is 0 Å². The van der Waals surface area contributed by atoms with Gasteiger partial charge in [-0.3, -0.25) is 14.7 Å². The summed E-state index contributed by atoms with van der Waals surface area (Å²) >= 11 is 5.89. The van der Waals surface area contributed by atoms with Crippen LogP contribution in [0.5, 0.6) is 0 Å². The average Bonchev–Trinajstić information content (AvgIpc) is 3.36. The number of nitrogens with one attached hydrogen (secondary N) is 2. The molecule has 5 rings (SSSR count). The van der Waals surface area contributed by atoms with E-state index in [0.717, 1.165) is 52.3 Å². The summed E-state index contributed by atoms with van der Waals surface area (Å²) in [4.78, 5) is 11.0. The largest absolute Gasteiger partial charge is 0.351 e. The zero-order valence-electron chi connectivity index (χ0n) is 21.7. The van der Waals surface area contributed by atoms with Gasteiger partial charge in [0, 0.05) is 42.2 Å². The lowest BCUT2D eigenvalue weighted by atomic mass is 9.96. The summed E-state index contributed by atoms with van der Waals surface area (Å²) in [6.07, 6.45) is 6.61. The molecule has 1 fully saturated rings. The Balaban J connectivity index is 1.60. The van der Waals surface area contributed by atoms with Crippen molar-refractivity contribution in [1.29, 1.82) is 0 Å². The molecule has 8 nitrogen and oxygen atoms in total. The van der Waals surface area contributed by atoms with Crippen molar-refractivity contribution in [2.75, 3.05) is 15.9 Å². The lowest BCUT2D eigenvalue weighted by molar-refractivity contribution is 0.563. The molecule has 38 heavy (non-hydrogen) atoms. The van der Waals surface area contributed by atoms with E-state index in [-0.39, 0.29) is 12.1 Å². The third-order valence-electron chi connectivity index (χ3n) is 6.88. The summed E-state index contributed by atoms with van der Waals surface area (Å²) in [5.41, 5.74) is 7.67. The van der Waals surface area contributed by atoms with Crippen LogP contribution in [0, 0.1) is 20.8 Å². The van der Waals surface area contributed by atoms with Crippen LogP contribution in [0.4, 0.5) is 11.4 Å². The van der Waals surface area contributed by atoms with Crippen molar-refractivity contribution in [1.82, 2.24) is 19.9 Å². The molecule has 1 saturated heterocycles. The summed E-state index contributed by atoms with van der Waals surface area (Å²) in [5, 5.41) is 4.10. The van der Waals surface area contributed by atoms with Crippen molar-refractivity contribution in [2.24, 2.45) is 0 Å². The van der Waals surface area contributed by atoms with Gasteiger partial charge in [0.1, 0.15) is 0 Å². The van der Waals surface area contributed by atoms with Crippen molar-refractivity contribution < 1.29 is 8.42 Å². The highest BCUT2D eigenvalue weighted by atomic mass is 32.2. The molecule has 0 radical (unpaired) electrons. The molecule has 0 bridgehead atoms. The number of nitrogens with zero attached hydrogens (tertiary/aromatic N) is 4. The van der Waals surface area contributed by atoms with Gasteiger partial charge in [0.05, 0.1) is 29.7 Å². The third-order valence-corrected chi connectivity index (χ3v) is 7.78. The van der Waals surface area contributed by atoms with Crippen molar-refractivity contribution in [3.63, 3.8) is 0 Å². The number of hydrogen-bond donors (Lipinski definition) is 2. The Bertz CT molecular complexity index is 1590. The van der Waals surface area contributed by atoms with E-state index in [4.69, 9.17) is 12.2 Å². The quantitative estimate of drug-likeness (QED) is 0.322. The highest BCUT2D eigenvalue weighted by molar-refractivity contribution is 7.92. The predicted octanol–water partition coefficient (Wildman–Crippen LogP) is 4.80. The van der Waals surface area contributed by atoms with Gasteiger partial charge in [0.15, 0.2) is 5.11 Å². The van der Waals surface area contributed by atoms with Crippen LogP contribution >= 0.6 is 12.2 Å². The molecule has 0 saturated carbocycles. The number of thiocarbonyl (C=S) groups is 1. The molecule has 1 aliphatic rings. The highest BCUT2D eigenvalue weighted by Crippen LogP contribution is 2.44. The Morgan fingerprint density at radius 3 is 2.53 bits per heavy atom. The van der Waals surface area contributed by atoms with Crippen LogP contribution in [0.2, 0.25) is 0 Å². The molecule has 1 aromatic carbocycles. The monoisotopic (exact) mass is 546 g/mol. The SMILES string of the molecule is Cc1cc(N2C(=S)N[C@H](c3ccccn3)[C@@H]2c2cc(C)n(Cc3cccnc3)c2C)ccc1NS(C)(=O)=O. The fourth-order valence-corrected chi connectivity index (χ4v) is 6.08. The fourth-order valence-electron chi connectivity index (χ4n) is 5.11. The second kappa shape index (κ2) is 10.2. The maximum absolute atomic E-state index is 11.8. The second-order valence-corrected chi connectivity index (χ2v) is 11.8. The van der Waals surface area contributed by atoms with Gasteiger partial charge in [-0.15, -0.1) is 0 Å². The van der Waals surface area contributed by atoms with Crippen LogP contribution < -0.4 is 14.9 Å². The molecule has 0 spiro atoms. The highest BCUT2D eigenvalue weighted by Gasteiger charge is 2.42. The van der Waals surface area contributed by atoms with E-state index < -0.39 is 10.0 Å². The maximum Gasteiger partial charge on any atom is 0.229 e. The van der Waals surface area contributed by atoms with Crippen molar-refractivity contribution in [3.8, 4) is 0 Å². The number of anilines is 2. The smallest absolute Gasteiger partial charge is 0.229 e. The van der Waals surface area contributed by atoms with Crippen LogP contribution in [-0.2, 0) is 16.6 Å². The van der Waals surface area contributed by atoms with Gasteiger partial charge < -0.3 is 14.8 Å². The van der Waals surface area contributed by atoms with Crippen LogP contribution in [0.3, 0.4) is 0 Å². The number of rotatable bonds is 7. The predicted molar refractivity (Wildman–Crippen MR) is 155 cm³/mol. The van der Waals surface area contributed by atoms with Crippen LogP contribution in [0.25, 0.3) is 0 Å². The molecule has 2 N–H and O–H groups in total. The summed E-state index contributed by atoms with van der Waals surface area (Å²) < 4.78 is 28.5. The normalized spacial score (nSPS) is 17.5. The van der Waals surface area contributed by atoms with Crippen LogP contribution in [-0.4, -0.2) is 34.3 Å². The molecule has 196 valence electrons. The van der Waals surface area contributed by atoms with Gasteiger partial charge in [0.2, 0.25) is 10.0 Å². The zero-order chi connectivity index (χ0) is 27.0. The zero-order valence-corrected chi connectivity index (χ0v) is 23.3. The van der Waals surface area contributed by atoms with Gasteiger partial charge in [-0.25, -0.2) is 8.42 Å². The molecule has 0 unspecified atom stereocenters. The van der Waals surface area contributed by atoms with E-state index >= 15 is 0 Å². The number of aryl methyl sites for hydroxylation is 2. The third kappa shape index (κ3) is 5.14. The van der Waals surface area contributed by atoms with E-state index in [1.807, 2.05) is 49.5 Å². The van der Waals surface area contributed by atoms with E-state index in [1.54, 1.807) is 18.5 Å². The molecular formula is C28H30N6O2S2. The first-order chi connectivity index (χ1) is 18.1. The molecule has 4 heterocycles. The standard InChI is InChI=1S/C28H30N6O2S2/c1-18-14-22(10-11-24(18)32-38(4,35)36)34-27(26(31-28(34)37)25-9-5-6-13-30-25)23-15-19(2)33(20(23)3)17-21-8-7-12-29-16-21/h5-16,26-27,32H,17H2,1-4H3,(H,31,37)/t26-,27+/m1/s1. The number of hydrogen-bond acceptors (Lipinski definition) is 5. The summed E-state index contributed by atoms with van der Waals surface area (Å²) in [5.74, 6) is 0. The molecule has 2 atom stereocenters. The minimum Gasteiger partial charge on any atom is -0.351 e. The molecular weight excluding hydrogens is 516 g/mol. The minimum absolute atomic E-state index is 0.167. The number of aromatic nitrogens is 3. The molecule has 4 aromatic rings. The minimum atomic E-state index is -3.39. The Morgan fingerprint density at radius 1 is 1.05 bits per heavy atom. The number of benzene rings is 1.